The number of hydrogen-bond donors (Lipinski definition) is 0. The molecule has 1 aliphatic carbocycles. The molecular formula is C16H16F3N3O2. The average molecular weight is 339 g/mol. The Morgan fingerprint density at radius 3 is 2.62 bits per heavy atom. The quantitative estimate of drug-likeness (QED) is 0.840. The van der Waals surface area contributed by atoms with Crippen LogP contribution in [0.1, 0.15) is 42.6 Å². The molecule has 0 aromatic carbocycles. The van der Waals surface area contributed by atoms with E-state index in [0.29, 0.717) is 23.7 Å². The monoisotopic (exact) mass is 339 g/mol. The molecule has 0 aliphatic heterocycles. The lowest BCUT2D eigenvalue weighted by atomic mass is 10.2. The lowest BCUT2D eigenvalue weighted by molar-refractivity contribution is -0.139. The molecule has 0 saturated heterocycles. The first-order chi connectivity index (χ1) is 11.4. The molecule has 2 aromatic heterocycles. The van der Waals surface area contributed by atoms with Crippen molar-refractivity contribution in [3.05, 3.63) is 51.7 Å². The highest BCUT2D eigenvalue weighted by atomic mass is 19.4. The number of alkyl halides is 3. The second-order valence-corrected chi connectivity index (χ2v) is 5.64. The average Bonchev–Trinajstić information content (AvgIpc) is 3.35. The van der Waals surface area contributed by atoms with Crippen molar-refractivity contribution in [1.82, 2.24) is 14.8 Å². The van der Waals surface area contributed by atoms with E-state index in [2.05, 4.69) is 10.1 Å². The molecular weight excluding hydrogens is 323 g/mol. The molecule has 0 bridgehead atoms. The number of aromatic nitrogens is 3. The zero-order valence-corrected chi connectivity index (χ0v) is 13.0. The van der Waals surface area contributed by atoms with Crippen LogP contribution in [0, 0.1) is 0 Å². The van der Waals surface area contributed by atoms with E-state index in [0.717, 1.165) is 23.6 Å². The molecule has 0 atom stereocenters. The summed E-state index contributed by atoms with van der Waals surface area (Å²) in [6, 6.07) is 4.14. The van der Waals surface area contributed by atoms with Crippen LogP contribution in [-0.4, -0.2) is 21.4 Å². The highest BCUT2D eigenvalue weighted by molar-refractivity contribution is 5.23. The van der Waals surface area contributed by atoms with Crippen molar-refractivity contribution in [2.45, 2.75) is 38.4 Å². The van der Waals surface area contributed by atoms with Gasteiger partial charge < -0.3 is 4.74 Å². The molecule has 1 aliphatic rings. The van der Waals surface area contributed by atoms with Crippen LogP contribution in [0.25, 0.3) is 0 Å². The van der Waals surface area contributed by atoms with Gasteiger partial charge in [0.05, 0.1) is 30.7 Å². The number of nitrogens with zero attached hydrogens (tertiary/aromatic N) is 3. The van der Waals surface area contributed by atoms with Crippen molar-refractivity contribution in [3.8, 4) is 5.75 Å². The highest BCUT2D eigenvalue weighted by Crippen LogP contribution is 2.40. The topological polar surface area (TPSA) is 57.0 Å². The van der Waals surface area contributed by atoms with Gasteiger partial charge in [0.1, 0.15) is 11.3 Å². The van der Waals surface area contributed by atoms with Gasteiger partial charge in [0.2, 0.25) is 0 Å². The van der Waals surface area contributed by atoms with Gasteiger partial charge in [-0.15, -0.1) is 0 Å². The Hall–Kier alpha value is -2.38. The third kappa shape index (κ3) is 3.58. The van der Waals surface area contributed by atoms with E-state index in [-0.39, 0.29) is 12.5 Å². The summed E-state index contributed by atoms with van der Waals surface area (Å²) in [4.78, 5) is 16.2. The van der Waals surface area contributed by atoms with Crippen LogP contribution in [0.3, 0.4) is 0 Å². The third-order valence-electron chi connectivity index (χ3n) is 3.71. The van der Waals surface area contributed by atoms with E-state index in [1.165, 1.54) is 6.20 Å². The molecule has 0 radical (unpaired) electrons. The van der Waals surface area contributed by atoms with Crippen molar-refractivity contribution in [2.24, 2.45) is 0 Å². The van der Waals surface area contributed by atoms with Crippen molar-refractivity contribution in [2.75, 3.05) is 6.61 Å². The van der Waals surface area contributed by atoms with Gasteiger partial charge in [-0.25, -0.2) is 4.68 Å². The van der Waals surface area contributed by atoms with Gasteiger partial charge >= 0.3 is 6.18 Å². The Kier molecular flexibility index (Phi) is 4.29. The van der Waals surface area contributed by atoms with E-state index in [9.17, 15) is 18.0 Å². The Morgan fingerprint density at radius 2 is 2.08 bits per heavy atom. The van der Waals surface area contributed by atoms with E-state index >= 15 is 0 Å². The lowest BCUT2D eigenvalue weighted by Gasteiger charge is -2.12. The van der Waals surface area contributed by atoms with Gasteiger partial charge in [-0.2, -0.15) is 18.3 Å². The van der Waals surface area contributed by atoms with Crippen LogP contribution in [0.15, 0.2) is 29.2 Å². The number of halogens is 3. The number of ether oxygens (including phenoxy) is 1. The van der Waals surface area contributed by atoms with Gasteiger partial charge in [-0.05, 0) is 38.0 Å². The second kappa shape index (κ2) is 6.26. The maximum absolute atomic E-state index is 13.1. The maximum Gasteiger partial charge on any atom is 0.421 e. The summed E-state index contributed by atoms with van der Waals surface area (Å²) in [5.41, 5.74) is -1.57. The standard InChI is InChI=1S/C16H16F3N3O2/c1-2-24-12-6-5-11(20-8-12)9-22-15(23)13(16(17,18)19)7-14(21-22)10-3-4-10/h5-8,10H,2-4,9H2,1H3. The zero-order chi connectivity index (χ0) is 17.3. The fourth-order valence-electron chi connectivity index (χ4n) is 2.36. The molecule has 0 unspecified atom stereocenters. The molecule has 2 heterocycles. The molecule has 0 amide bonds. The molecule has 0 N–H and O–H groups in total. The van der Waals surface area contributed by atoms with Crippen LogP contribution < -0.4 is 10.3 Å². The number of rotatable bonds is 5. The molecule has 5 nitrogen and oxygen atoms in total. The molecule has 24 heavy (non-hydrogen) atoms. The minimum atomic E-state index is -4.70. The number of pyridine rings is 1. The Bertz CT molecular complexity index is 781. The lowest BCUT2D eigenvalue weighted by Crippen LogP contribution is -2.32. The van der Waals surface area contributed by atoms with Gasteiger partial charge in [0.15, 0.2) is 0 Å². The summed E-state index contributed by atoms with van der Waals surface area (Å²) in [5.74, 6) is 0.565. The van der Waals surface area contributed by atoms with Crippen LogP contribution in [0.2, 0.25) is 0 Å². The predicted octanol–water partition coefficient (Wildman–Crippen LogP) is 2.98. The molecule has 128 valence electrons. The maximum atomic E-state index is 13.1. The van der Waals surface area contributed by atoms with E-state index < -0.39 is 17.3 Å². The molecule has 2 aromatic rings. The first-order valence-corrected chi connectivity index (χ1v) is 7.65. The van der Waals surface area contributed by atoms with Crippen LogP contribution in [-0.2, 0) is 12.7 Å². The molecule has 3 rings (SSSR count). The zero-order valence-electron chi connectivity index (χ0n) is 13.0. The third-order valence-corrected chi connectivity index (χ3v) is 3.71. The van der Waals surface area contributed by atoms with E-state index in [1.807, 2.05) is 6.92 Å². The van der Waals surface area contributed by atoms with Crippen molar-refractivity contribution in [3.63, 3.8) is 0 Å². The SMILES string of the molecule is CCOc1ccc(Cn2nc(C3CC3)cc(C(F)(F)F)c2=O)nc1. The minimum Gasteiger partial charge on any atom is -0.492 e. The summed E-state index contributed by atoms with van der Waals surface area (Å²) < 4.78 is 45.4. The summed E-state index contributed by atoms with van der Waals surface area (Å²) in [6.07, 6.45) is -1.63. The van der Waals surface area contributed by atoms with E-state index in [4.69, 9.17) is 4.74 Å². The summed E-state index contributed by atoms with van der Waals surface area (Å²) in [5, 5.41) is 4.10. The summed E-state index contributed by atoms with van der Waals surface area (Å²) in [6.45, 7) is 2.20. The Balaban J connectivity index is 1.94. The van der Waals surface area contributed by atoms with Crippen molar-refractivity contribution >= 4 is 0 Å². The Morgan fingerprint density at radius 1 is 1.33 bits per heavy atom. The molecule has 1 fully saturated rings. The fraction of sp³-hybridized carbons (Fsp3) is 0.438. The number of hydrogen-bond acceptors (Lipinski definition) is 4. The van der Waals surface area contributed by atoms with Gasteiger partial charge in [-0.1, -0.05) is 0 Å². The smallest absolute Gasteiger partial charge is 0.421 e. The summed E-state index contributed by atoms with van der Waals surface area (Å²) >= 11 is 0. The predicted molar refractivity (Wildman–Crippen MR) is 80.0 cm³/mol. The largest absolute Gasteiger partial charge is 0.492 e. The second-order valence-electron chi connectivity index (χ2n) is 5.64. The van der Waals surface area contributed by atoms with Gasteiger partial charge in [0.25, 0.3) is 5.56 Å². The van der Waals surface area contributed by atoms with E-state index in [1.54, 1.807) is 12.1 Å². The van der Waals surface area contributed by atoms with Crippen LogP contribution in [0.4, 0.5) is 13.2 Å². The summed E-state index contributed by atoms with van der Waals surface area (Å²) in [7, 11) is 0. The fourth-order valence-corrected chi connectivity index (χ4v) is 2.36. The molecule has 0 spiro atoms. The van der Waals surface area contributed by atoms with Crippen molar-refractivity contribution in [1.29, 1.82) is 0 Å². The first kappa shape index (κ1) is 16.5. The van der Waals surface area contributed by atoms with Gasteiger partial charge in [0, 0.05) is 5.92 Å². The molecule has 1 saturated carbocycles. The molecule has 8 heteroatoms. The highest BCUT2D eigenvalue weighted by Gasteiger charge is 2.37. The van der Waals surface area contributed by atoms with Crippen molar-refractivity contribution < 1.29 is 17.9 Å². The first-order valence-electron chi connectivity index (χ1n) is 7.65. The minimum absolute atomic E-state index is 0.00578. The Labute approximate surface area is 136 Å². The van der Waals surface area contributed by atoms with Crippen LogP contribution >= 0.6 is 0 Å². The normalized spacial score (nSPS) is 14.7. The van der Waals surface area contributed by atoms with Gasteiger partial charge in [-0.3, -0.25) is 9.78 Å². The van der Waals surface area contributed by atoms with Crippen LogP contribution in [0.5, 0.6) is 5.75 Å².